The molecule has 3 atom stereocenters. The normalized spacial score (nSPS) is 26.1. The van der Waals surface area contributed by atoms with Crippen molar-refractivity contribution in [2.75, 3.05) is 6.54 Å². The van der Waals surface area contributed by atoms with E-state index in [1.165, 1.54) is 5.56 Å². The third kappa shape index (κ3) is 2.41. The fraction of sp³-hybridized carbons (Fsp3) is 0.533. The third-order valence-electron chi connectivity index (χ3n) is 4.09. The van der Waals surface area contributed by atoms with E-state index in [0.29, 0.717) is 6.04 Å². The zero-order valence-electron chi connectivity index (χ0n) is 11.0. The average molecular weight is 247 g/mol. The van der Waals surface area contributed by atoms with Gasteiger partial charge >= 0.3 is 5.97 Å². The van der Waals surface area contributed by atoms with Crippen LogP contribution in [0.15, 0.2) is 30.3 Å². The summed E-state index contributed by atoms with van der Waals surface area (Å²) in [6, 6.07) is 10.8. The molecule has 1 N–H and O–H groups in total. The molecule has 3 unspecified atom stereocenters. The highest BCUT2D eigenvalue weighted by molar-refractivity contribution is 5.71. The lowest BCUT2D eigenvalue weighted by atomic mass is 9.99. The zero-order valence-corrected chi connectivity index (χ0v) is 11.0. The molecular weight excluding hydrogens is 226 g/mol. The number of carboxylic acids is 1. The lowest BCUT2D eigenvalue weighted by Gasteiger charge is -2.32. The molecule has 0 bridgehead atoms. The summed E-state index contributed by atoms with van der Waals surface area (Å²) in [5.41, 5.74) is 1.29. The monoisotopic (exact) mass is 247 g/mol. The first kappa shape index (κ1) is 13.1. The second-order valence-electron chi connectivity index (χ2n) is 5.05. The second kappa shape index (κ2) is 5.53. The van der Waals surface area contributed by atoms with Gasteiger partial charge in [0.05, 0.1) is 5.92 Å². The summed E-state index contributed by atoms with van der Waals surface area (Å²) in [6.45, 7) is 5.08. The molecule has 0 aromatic heterocycles. The van der Waals surface area contributed by atoms with Gasteiger partial charge in [0.1, 0.15) is 0 Å². The standard InChI is InChI=1S/C15H21NO2/c1-3-14(12-7-5-4-6-8-12)16-10-9-13(11(16)2)15(17)18/h4-8,11,13-14H,3,9-10H2,1-2H3,(H,17,18). The number of hydrogen-bond acceptors (Lipinski definition) is 2. The SMILES string of the molecule is CCC(c1ccccc1)N1CCC(C(=O)O)C1C. The molecule has 1 saturated heterocycles. The van der Waals surface area contributed by atoms with Gasteiger partial charge in [0.25, 0.3) is 0 Å². The van der Waals surface area contributed by atoms with E-state index in [2.05, 4.69) is 24.0 Å². The van der Waals surface area contributed by atoms with Crippen LogP contribution in [0.1, 0.15) is 38.3 Å². The van der Waals surface area contributed by atoms with E-state index in [0.717, 1.165) is 19.4 Å². The molecule has 1 aliphatic heterocycles. The van der Waals surface area contributed by atoms with Gasteiger partial charge in [0, 0.05) is 12.1 Å². The maximum atomic E-state index is 11.2. The lowest BCUT2D eigenvalue weighted by Crippen LogP contribution is -2.35. The van der Waals surface area contributed by atoms with Gasteiger partial charge in [-0.1, -0.05) is 37.3 Å². The van der Waals surface area contributed by atoms with E-state index < -0.39 is 5.97 Å². The molecule has 0 aliphatic carbocycles. The largest absolute Gasteiger partial charge is 0.481 e. The Balaban J connectivity index is 2.18. The number of benzene rings is 1. The van der Waals surface area contributed by atoms with E-state index in [1.54, 1.807) is 0 Å². The van der Waals surface area contributed by atoms with Gasteiger partial charge in [-0.25, -0.2) is 0 Å². The molecular formula is C15H21NO2. The zero-order chi connectivity index (χ0) is 13.1. The van der Waals surface area contributed by atoms with Gasteiger partial charge in [-0.15, -0.1) is 0 Å². The summed E-state index contributed by atoms with van der Waals surface area (Å²) in [6.07, 6.45) is 1.78. The Morgan fingerprint density at radius 2 is 2.11 bits per heavy atom. The smallest absolute Gasteiger partial charge is 0.308 e. The van der Waals surface area contributed by atoms with Crippen molar-refractivity contribution in [2.24, 2.45) is 5.92 Å². The van der Waals surface area contributed by atoms with Crippen molar-refractivity contribution >= 4 is 5.97 Å². The first-order chi connectivity index (χ1) is 8.65. The van der Waals surface area contributed by atoms with Gasteiger partial charge in [-0.2, -0.15) is 0 Å². The molecule has 0 spiro atoms. The summed E-state index contributed by atoms with van der Waals surface area (Å²) in [5.74, 6) is -0.879. The quantitative estimate of drug-likeness (QED) is 0.889. The fourth-order valence-electron chi connectivity index (χ4n) is 3.07. The number of aliphatic carboxylic acids is 1. The molecule has 0 radical (unpaired) electrons. The minimum Gasteiger partial charge on any atom is -0.481 e. The number of likely N-dealkylation sites (tertiary alicyclic amines) is 1. The summed E-state index contributed by atoms with van der Waals surface area (Å²) in [7, 11) is 0. The van der Waals surface area contributed by atoms with Crippen molar-refractivity contribution in [3.8, 4) is 0 Å². The number of rotatable bonds is 4. The minimum absolute atomic E-state index is 0.118. The number of nitrogens with zero attached hydrogens (tertiary/aromatic N) is 1. The average Bonchev–Trinajstić information content (AvgIpc) is 2.74. The maximum absolute atomic E-state index is 11.2. The number of hydrogen-bond donors (Lipinski definition) is 1. The van der Waals surface area contributed by atoms with Crippen LogP contribution < -0.4 is 0 Å². The van der Waals surface area contributed by atoms with Crippen molar-refractivity contribution in [1.29, 1.82) is 0 Å². The number of carbonyl (C=O) groups is 1. The van der Waals surface area contributed by atoms with Crippen LogP contribution in [-0.2, 0) is 4.79 Å². The molecule has 3 heteroatoms. The maximum Gasteiger partial charge on any atom is 0.308 e. The summed E-state index contributed by atoms with van der Waals surface area (Å²) >= 11 is 0. The van der Waals surface area contributed by atoms with Crippen LogP contribution >= 0.6 is 0 Å². The molecule has 1 heterocycles. The first-order valence-corrected chi connectivity index (χ1v) is 6.68. The summed E-state index contributed by atoms with van der Waals surface area (Å²) < 4.78 is 0. The van der Waals surface area contributed by atoms with Crippen LogP contribution in [0, 0.1) is 5.92 Å². The van der Waals surface area contributed by atoms with Crippen LogP contribution in [0.2, 0.25) is 0 Å². The predicted molar refractivity (Wildman–Crippen MR) is 71.4 cm³/mol. The highest BCUT2D eigenvalue weighted by atomic mass is 16.4. The molecule has 18 heavy (non-hydrogen) atoms. The van der Waals surface area contributed by atoms with Crippen molar-refractivity contribution in [2.45, 2.75) is 38.8 Å². The Morgan fingerprint density at radius 1 is 1.44 bits per heavy atom. The van der Waals surface area contributed by atoms with E-state index in [9.17, 15) is 9.90 Å². The molecule has 1 aliphatic rings. The summed E-state index contributed by atoms with van der Waals surface area (Å²) in [4.78, 5) is 13.5. The van der Waals surface area contributed by atoms with Gasteiger partial charge < -0.3 is 5.11 Å². The van der Waals surface area contributed by atoms with Gasteiger partial charge in [0.2, 0.25) is 0 Å². The van der Waals surface area contributed by atoms with Crippen LogP contribution in [0.3, 0.4) is 0 Å². The van der Waals surface area contributed by atoms with Crippen LogP contribution in [0.25, 0.3) is 0 Å². The summed E-state index contributed by atoms with van der Waals surface area (Å²) in [5, 5.41) is 9.20. The molecule has 0 saturated carbocycles. The lowest BCUT2D eigenvalue weighted by molar-refractivity contribution is -0.142. The van der Waals surface area contributed by atoms with Gasteiger partial charge in [0.15, 0.2) is 0 Å². The molecule has 2 rings (SSSR count). The second-order valence-corrected chi connectivity index (χ2v) is 5.05. The highest BCUT2D eigenvalue weighted by Crippen LogP contribution is 2.34. The Labute approximate surface area is 108 Å². The fourth-order valence-corrected chi connectivity index (χ4v) is 3.07. The van der Waals surface area contributed by atoms with Gasteiger partial charge in [-0.3, -0.25) is 9.69 Å². The molecule has 1 aromatic carbocycles. The van der Waals surface area contributed by atoms with E-state index in [4.69, 9.17) is 0 Å². The van der Waals surface area contributed by atoms with Crippen LogP contribution in [-0.4, -0.2) is 28.6 Å². The Hall–Kier alpha value is -1.35. The van der Waals surface area contributed by atoms with Crippen molar-refractivity contribution in [3.63, 3.8) is 0 Å². The van der Waals surface area contributed by atoms with E-state index in [1.807, 2.05) is 25.1 Å². The molecule has 3 nitrogen and oxygen atoms in total. The van der Waals surface area contributed by atoms with Crippen molar-refractivity contribution in [3.05, 3.63) is 35.9 Å². The Bertz CT molecular complexity index is 404. The van der Waals surface area contributed by atoms with E-state index >= 15 is 0 Å². The topological polar surface area (TPSA) is 40.5 Å². The minimum atomic E-state index is -0.659. The Kier molecular flexibility index (Phi) is 4.02. The predicted octanol–water partition coefficient (Wildman–Crippen LogP) is 2.93. The first-order valence-electron chi connectivity index (χ1n) is 6.68. The highest BCUT2D eigenvalue weighted by Gasteiger charge is 2.38. The van der Waals surface area contributed by atoms with Gasteiger partial charge in [-0.05, 0) is 31.9 Å². The van der Waals surface area contributed by atoms with Crippen molar-refractivity contribution < 1.29 is 9.90 Å². The van der Waals surface area contributed by atoms with Crippen LogP contribution in [0.4, 0.5) is 0 Å². The molecule has 0 amide bonds. The molecule has 1 fully saturated rings. The van der Waals surface area contributed by atoms with Crippen molar-refractivity contribution in [1.82, 2.24) is 4.90 Å². The Morgan fingerprint density at radius 3 is 2.61 bits per heavy atom. The third-order valence-corrected chi connectivity index (χ3v) is 4.09. The molecule has 1 aromatic rings. The number of carboxylic acid groups (broad SMARTS) is 1. The molecule has 98 valence electrons. The van der Waals surface area contributed by atoms with E-state index in [-0.39, 0.29) is 12.0 Å². The van der Waals surface area contributed by atoms with Crippen LogP contribution in [0.5, 0.6) is 0 Å².